The van der Waals surface area contributed by atoms with Crippen LogP contribution in [0.5, 0.6) is 5.75 Å². The van der Waals surface area contributed by atoms with Crippen LogP contribution in [0.2, 0.25) is 0 Å². The van der Waals surface area contributed by atoms with Gasteiger partial charge >= 0.3 is 6.61 Å². The molecule has 0 spiro atoms. The van der Waals surface area contributed by atoms with Crippen LogP contribution in [0.25, 0.3) is 0 Å². The average Bonchev–Trinajstić information content (AvgIpc) is 2.55. The molecule has 10 heteroatoms. The first kappa shape index (κ1) is 20.3. The molecule has 0 aromatic heterocycles. The van der Waals surface area contributed by atoms with Gasteiger partial charge in [0.2, 0.25) is 10.0 Å². The van der Waals surface area contributed by atoms with E-state index in [1.54, 1.807) is 12.1 Å². The summed E-state index contributed by atoms with van der Waals surface area (Å²) in [5.41, 5.74) is 0.721. The van der Waals surface area contributed by atoms with E-state index in [2.05, 4.69) is 9.46 Å². The van der Waals surface area contributed by atoms with Gasteiger partial charge in [-0.1, -0.05) is 18.2 Å². The largest absolute Gasteiger partial charge is 0.435 e. The second-order valence-corrected chi connectivity index (χ2v) is 9.20. The molecule has 6 nitrogen and oxygen atoms in total. The first-order valence-electron chi connectivity index (χ1n) is 7.41. The number of hydrogen-bond donors (Lipinski definition) is 1. The molecule has 0 fully saturated rings. The highest BCUT2D eigenvalue weighted by atomic mass is 32.2. The summed E-state index contributed by atoms with van der Waals surface area (Å²) in [5, 5.41) is 0. The van der Waals surface area contributed by atoms with Gasteiger partial charge in [-0.2, -0.15) is 8.78 Å². The molecule has 0 saturated heterocycles. The third kappa shape index (κ3) is 5.75. The lowest BCUT2D eigenvalue weighted by Gasteiger charge is -2.09. The van der Waals surface area contributed by atoms with Crippen LogP contribution in [-0.2, 0) is 26.3 Å². The fraction of sp³-hybridized carbons (Fsp3) is 0.250. The number of rotatable bonds is 8. The summed E-state index contributed by atoms with van der Waals surface area (Å²) in [7, 11) is -7.39. The Bertz CT molecular complexity index is 958. The molecule has 142 valence electrons. The highest BCUT2D eigenvalue weighted by molar-refractivity contribution is 7.91. The van der Waals surface area contributed by atoms with Crippen molar-refractivity contribution in [3.05, 3.63) is 54.1 Å². The van der Waals surface area contributed by atoms with Gasteiger partial charge in [0.05, 0.1) is 9.79 Å². The topological polar surface area (TPSA) is 89.5 Å². The van der Waals surface area contributed by atoms with Crippen molar-refractivity contribution in [3.8, 4) is 5.75 Å². The molecule has 0 amide bonds. The predicted molar refractivity (Wildman–Crippen MR) is 91.5 cm³/mol. The van der Waals surface area contributed by atoms with E-state index in [1.807, 2.05) is 0 Å². The lowest BCUT2D eigenvalue weighted by Crippen LogP contribution is -2.26. The molecule has 1 N–H and O–H groups in total. The van der Waals surface area contributed by atoms with E-state index in [4.69, 9.17) is 0 Å². The van der Waals surface area contributed by atoms with Gasteiger partial charge in [-0.05, 0) is 42.3 Å². The van der Waals surface area contributed by atoms with Gasteiger partial charge in [-0.25, -0.2) is 21.6 Å². The highest BCUT2D eigenvalue weighted by Crippen LogP contribution is 2.17. The second kappa shape index (κ2) is 8.11. The SMILES string of the molecule is CS(=O)(=O)c1cccc(S(=O)(=O)NCCc2ccc(OC(F)F)cc2)c1. The van der Waals surface area contributed by atoms with Crippen molar-refractivity contribution in [1.29, 1.82) is 0 Å². The van der Waals surface area contributed by atoms with E-state index >= 15 is 0 Å². The molecule has 0 atom stereocenters. The zero-order valence-electron chi connectivity index (χ0n) is 13.7. The number of hydrogen-bond acceptors (Lipinski definition) is 5. The molecule has 0 heterocycles. The van der Waals surface area contributed by atoms with Gasteiger partial charge in [0.15, 0.2) is 9.84 Å². The van der Waals surface area contributed by atoms with Crippen molar-refractivity contribution in [3.63, 3.8) is 0 Å². The van der Waals surface area contributed by atoms with Crippen molar-refractivity contribution in [1.82, 2.24) is 4.72 Å². The Hall–Kier alpha value is -2.04. The van der Waals surface area contributed by atoms with Crippen molar-refractivity contribution in [2.75, 3.05) is 12.8 Å². The summed E-state index contributed by atoms with van der Waals surface area (Å²) in [5.74, 6) is 0.0157. The number of alkyl halides is 2. The van der Waals surface area contributed by atoms with Crippen LogP contribution in [0, 0.1) is 0 Å². The Morgan fingerprint density at radius 3 is 2.19 bits per heavy atom. The Balaban J connectivity index is 2.00. The van der Waals surface area contributed by atoms with Crippen LogP contribution < -0.4 is 9.46 Å². The molecule has 0 unspecified atom stereocenters. The Morgan fingerprint density at radius 1 is 1.00 bits per heavy atom. The maximum Gasteiger partial charge on any atom is 0.387 e. The lowest BCUT2D eigenvalue weighted by atomic mass is 10.1. The zero-order chi connectivity index (χ0) is 19.4. The van der Waals surface area contributed by atoms with Crippen molar-refractivity contribution < 1.29 is 30.4 Å². The molecular formula is C16H17F2NO5S2. The van der Waals surface area contributed by atoms with Crippen LogP contribution in [0.3, 0.4) is 0 Å². The molecule has 0 aliphatic heterocycles. The number of benzene rings is 2. The molecule has 0 radical (unpaired) electrons. The first-order valence-corrected chi connectivity index (χ1v) is 10.8. The van der Waals surface area contributed by atoms with E-state index in [0.717, 1.165) is 17.9 Å². The van der Waals surface area contributed by atoms with Crippen LogP contribution in [0.15, 0.2) is 58.3 Å². The lowest BCUT2D eigenvalue weighted by molar-refractivity contribution is -0.0498. The average molecular weight is 405 g/mol. The normalized spacial score (nSPS) is 12.3. The summed E-state index contributed by atoms with van der Waals surface area (Å²) in [6.45, 7) is -2.85. The summed E-state index contributed by atoms with van der Waals surface area (Å²) >= 11 is 0. The smallest absolute Gasteiger partial charge is 0.387 e. The summed E-state index contributed by atoms with van der Waals surface area (Å²) in [6.07, 6.45) is 1.31. The molecule has 0 aliphatic carbocycles. The molecule has 0 bridgehead atoms. The van der Waals surface area contributed by atoms with E-state index in [1.165, 1.54) is 30.3 Å². The van der Waals surface area contributed by atoms with Crippen LogP contribution >= 0.6 is 0 Å². The molecule has 2 aromatic carbocycles. The van der Waals surface area contributed by atoms with Gasteiger partial charge in [0, 0.05) is 12.8 Å². The number of ether oxygens (including phenoxy) is 1. The van der Waals surface area contributed by atoms with Gasteiger partial charge < -0.3 is 4.74 Å². The summed E-state index contributed by atoms with van der Waals surface area (Å²) in [6, 6.07) is 10.9. The third-order valence-electron chi connectivity index (χ3n) is 3.40. The number of sulfone groups is 1. The van der Waals surface area contributed by atoms with Gasteiger partial charge in [-0.3, -0.25) is 0 Å². The monoisotopic (exact) mass is 405 g/mol. The highest BCUT2D eigenvalue weighted by Gasteiger charge is 2.16. The standard InChI is InChI=1S/C16H17F2NO5S2/c1-25(20,21)14-3-2-4-15(11-14)26(22,23)19-10-9-12-5-7-13(8-6-12)24-16(17)18/h2-8,11,16,19H,9-10H2,1H3. The van der Waals surface area contributed by atoms with E-state index in [9.17, 15) is 25.6 Å². The molecular weight excluding hydrogens is 388 g/mol. The summed E-state index contributed by atoms with van der Waals surface area (Å²) < 4.78 is 78.4. The number of nitrogens with one attached hydrogen (secondary N) is 1. The fourth-order valence-electron chi connectivity index (χ4n) is 2.12. The maximum absolute atomic E-state index is 12.3. The number of halogens is 2. The van der Waals surface area contributed by atoms with E-state index in [-0.39, 0.29) is 22.1 Å². The molecule has 2 rings (SSSR count). The number of sulfonamides is 1. The minimum Gasteiger partial charge on any atom is -0.435 e. The molecule has 2 aromatic rings. The Kier molecular flexibility index (Phi) is 6.32. The van der Waals surface area contributed by atoms with Crippen LogP contribution in [-0.4, -0.2) is 36.2 Å². The predicted octanol–water partition coefficient (Wildman–Crippen LogP) is 2.21. The first-order chi connectivity index (χ1) is 12.1. The summed E-state index contributed by atoms with van der Waals surface area (Å²) in [4.78, 5) is -0.240. The zero-order valence-corrected chi connectivity index (χ0v) is 15.4. The second-order valence-electron chi connectivity index (χ2n) is 5.42. The fourth-order valence-corrected chi connectivity index (χ4v) is 3.94. The Labute approximate surface area is 150 Å². The van der Waals surface area contributed by atoms with Gasteiger partial charge in [0.1, 0.15) is 5.75 Å². The minimum atomic E-state index is -3.88. The van der Waals surface area contributed by atoms with Crippen molar-refractivity contribution >= 4 is 19.9 Å². The minimum absolute atomic E-state index is 0.0157. The Morgan fingerprint density at radius 2 is 1.62 bits per heavy atom. The van der Waals surface area contributed by atoms with Crippen LogP contribution in [0.4, 0.5) is 8.78 Å². The maximum atomic E-state index is 12.3. The van der Waals surface area contributed by atoms with Crippen molar-refractivity contribution in [2.45, 2.75) is 22.8 Å². The van der Waals surface area contributed by atoms with Crippen LogP contribution in [0.1, 0.15) is 5.56 Å². The molecule has 26 heavy (non-hydrogen) atoms. The van der Waals surface area contributed by atoms with Gasteiger partial charge in [0.25, 0.3) is 0 Å². The van der Waals surface area contributed by atoms with E-state index in [0.29, 0.717) is 6.42 Å². The molecule has 0 aliphatic rings. The van der Waals surface area contributed by atoms with E-state index < -0.39 is 26.5 Å². The van der Waals surface area contributed by atoms with Gasteiger partial charge in [-0.15, -0.1) is 0 Å². The quantitative estimate of drug-likeness (QED) is 0.727. The van der Waals surface area contributed by atoms with Crippen molar-refractivity contribution in [2.24, 2.45) is 0 Å². The molecule has 0 saturated carbocycles. The third-order valence-corrected chi connectivity index (χ3v) is 5.97.